The topological polar surface area (TPSA) is 44.1 Å². The van der Waals surface area contributed by atoms with Crippen LogP contribution in [0.25, 0.3) is 11.3 Å². The second-order valence-corrected chi connectivity index (χ2v) is 6.64. The monoisotopic (exact) mass is 388 g/mol. The fraction of sp³-hybridized carbons (Fsp3) is 0.333. The van der Waals surface area contributed by atoms with Crippen LogP contribution in [-0.4, -0.2) is 21.5 Å². The molecule has 2 aromatic rings. The smallest absolute Gasteiger partial charge is 0.435 e. The molecule has 0 saturated heterocycles. The maximum absolute atomic E-state index is 13.1. The molecule has 0 radical (unpaired) electrons. The summed E-state index contributed by atoms with van der Waals surface area (Å²) in [5.74, 6) is -0.430. The second-order valence-electron chi connectivity index (χ2n) is 5.67. The number of alkyl halides is 1. The highest BCUT2D eigenvalue weighted by molar-refractivity contribution is 9.08. The summed E-state index contributed by atoms with van der Waals surface area (Å²) in [6, 6.07) is 5.73. The first-order valence-electron chi connectivity index (χ1n) is 6.55. The average molecular weight is 390 g/mol. The average Bonchev–Trinajstić information content (AvgIpc) is 2.80. The van der Waals surface area contributed by atoms with Crippen LogP contribution < -0.4 is 0 Å². The summed E-state index contributed by atoms with van der Waals surface area (Å²) < 4.78 is 19.6. The largest absolute Gasteiger partial charge is 0.442 e. The molecule has 0 saturated carbocycles. The zero-order valence-corrected chi connectivity index (χ0v) is 14.7. The van der Waals surface area contributed by atoms with E-state index in [9.17, 15) is 9.18 Å². The summed E-state index contributed by atoms with van der Waals surface area (Å²) in [7, 11) is 0. The van der Waals surface area contributed by atoms with Crippen LogP contribution in [0.3, 0.4) is 0 Å². The van der Waals surface area contributed by atoms with Gasteiger partial charge in [0.05, 0.1) is 16.4 Å². The molecule has 1 aromatic heterocycles. The number of halogens is 3. The zero-order chi connectivity index (χ0) is 16.5. The zero-order valence-electron chi connectivity index (χ0n) is 12.4. The Bertz CT molecular complexity index is 710. The van der Waals surface area contributed by atoms with Crippen LogP contribution in [-0.2, 0) is 10.1 Å². The Labute approximate surface area is 141 Å². The number of nitrogens with zero attached hydrogens (tertiary/aromatic N) is 2. The van der Waals surface area contributed by atoms with Gasteiger partial charge in [-0.2, -0.15) is 9.78 Å². The maximum Gasteiger partial charge on any atom is 0.435 e. The molecule has 1 heterocycles. The van der Waals surface area contributed by atoms with E-state index in [-0.39, 0.29) is 5.02 Å². The van der Waals surface area contributed by atoms with E-state index in [0.29, 0.717) is 22.3 Å². The van der Waals surface area contributed by atoms with E-state index < -0.39 is 17.5 Å². The molecule has 0 atom stereocenters. The second kappa shape index (κ2) is 6.38. The number of ether oxygens (including phenoxy) is 1. The minimum absolute atomic E-state index is 0.231. The van der Waals surface area contributed by atoms with Gasteiger partial charge in [0.25, 0.3) is 0 Å². The molecule has 0 spiro atoms. The Balaban J connectivity index is 2.42. The molecular formula is C15H15BrClFN2O2. The highest BCUT2D eigenvalue weighted by Gasteiger charge is 2.22. The highest BCUT2D eigenvalue weighted by atomic mass is 79.9. The number of carbonyl (C=O) groups is 1. The molecule has 1 aromatic carbocycles. The fourth-order valence-electron chi connectivity index (χ4n) is 1.81. The van der Waals surface area contributed by atoms with Crippen molar-refractivity contribution in [2.75, 3.05) is 0 Å². The highest BCUT2D eigenvalue weighted by Crippen LogP contribution is 2.29. The number of benzene rings is 1. The van der Waals surface area contributed by atoms with Crippen LogP contribution in [0, 0.1) is 5.82 Å². The predicted molar refractivity (Wildman–Crippen MR) is 86.9 cm³/mol. The van der Waals surface area contributed by atoms with Gasteiger partial charge < -0.3 is 4.74 Å². The van der Waals surface area contributed by atoms with E-state index in [1.807, 2.05) is 0 Å². The number of hydrogen-bond donors (Lipinski definition) is 0. The summed E-state index contributed by atoms with van der Waals surface area (Å²) >= 11 is 9.35. The van der Waals surface area contributed by atoms with Crippen LogP contribution in [0.5, 0.6) is 0 Å². The third-order valence-corrected chi connectivity index (χ3v) is 3.58. The number of carbonyl (C=O) groups excluding carboxylic acids is 1. The van der Waals surface area contributed by atoms with E-state index in [0.717, 1.165) is 0 Å². The van der Waals surface area contributed by atoms with Crippen LogP contribution in [0.2, 0.25) is 5.02 Å². The Morgan fingerprint density at radius 1 is 1.41 bits per heavy atom. The maximum atomic E-state index is 13.1. The van der Waals surface area contributed by atoms with Crippen LogP contribution in [0.15, 0.2) is 24.3 Å². The van der Waals surface area contributed by atoms with Gasteiger partial charge in [-0.05, 0) is 45.0 Å². The first-order chi connectivity index (χ1) is 10.2. The minimum atomic E-state index is -0.625. The molecule has 4 nitrogen and oxygen atoms in total. The summed E-state index contributed by atoms with van der Waals surface area (Å²) in [5, 5.41) is 4.88. The number of rotatable bonds is 2. The van der Waals surface area contributed by atoms with Gasteiger partial charge in [-0.3, -0.25) is 0 Å². The van der Waals surface area contributed by atoms with Gasteiger partial charge >= 0.3 is 6.09 Å². The van der Waals surface area contributed by atoms with Crippen LogP contribution in [0.4, 0.5) is 9.18 Å². The molecule has 0 aliphatic rings. The quantitative estimate of drug-likeness (QED) is 0.677. The van der Waals surface area contributed by atoms with Crippen molar-refractivity contribution in [3.05, 3.63) is 40.8 Å². The van der Waals surface area contributed by atoms with E-state index in [1.165, 1.54) is 22.9 Å². The third kappa shape index (κ3) is 3.87. The lowest BCUT2D eigenvalue weighted by Gasteiger charge is -2.19. The van der Waals surface area contributed by atoms with E-state index in [2.05, 4.69) is 21.0 Å². The molecule has 118 valence electrons. The van der Waals surface area contributed by atoms with Crippen LogP contribution in [0.1, 0.15) is 26.5 Å². The molecule has 0 aliphatic carbocycles. The Hall–Kier alpha value is -1.40. The molecule has 22 heavy (non-hydrogen) atoms. The fourth-order valence-corrected chi connectivity index (χ4v) is 2.47. The summed E-state index contributed by atoms with van der Waals surface area (Å²) in [4.78, 5) is 12.2. The minimum Gasteiger partial charge on any atom is -0.442 e. The lowest BCUT2D eigenvalue weighted by molar-refractivity contribution is 0.0511. The van der Waals surface area contributed by atoms with Gasteiger partial charge in [-0.15, -0.1) is 0 Å². The molecule has 0 amide bonds. The number of hydrogen-bond acceptors (Lipinski definition) is 3. The van der Waals surface area contributed by atoms with Crippen molar-refractivity contribution >= 4 is 33.6 Å². The van der Waals surface area contributed by atoms with Gasteiger partial charge in [0.1, 0.15) is 11.4 Å². The van der Waals surface area contributed by atoms with E-state index in [4.69, 9.17) is 16.3 Å². The van der Waals surface area contributed by atoms with Crippen molar-refractivity contribution in [1.82, 2.24) is 9.78 Å². The molecule has 0 aliphatic heterocycles. The summed E-state index contributed by atoms with van der Waals surface area (Å²) in [5.41, 5.74) is 1.02. The SMILES string of the molecule is CC(C)(C)OC(=O)n1nc(-c2ccc(F)cc2Cl)cc1CBr. The van der Waals surface area contributed by atoms with Crippen molar-refractivity contribution in [2.24, 2.45) is 0 Å². The van der Waals surface area contributed by atoms with Crippen molar-refractivity contribution in [2.45, 2.75) is 31.7 Å². The number of aromatic nitrogens is 2. The molecule has 0 unspecified atom stereocenters. The van der Waals surface area contributed by atoms with Crippen LogP contribution >= 0.6 is 27.5 Å². The lowest BCUT2D eigenvalue weighted by atomic mass is 10.1. The van der Waals surface area contributed by atoms with Gasteiger partial charge in [0, 0.05) is 10.9 Å². The predicted octanol–water partition coefficient (Wildman–Crippen LogP) is 5.02. The van der Waals surface area contributed by atoms with Crippen molar-refractivity contribution in [3.63, 3.8) is 0 Å². The Morgan fingerprint density at radius 2 is 2.09 bits per heavy atom. The first kappa shape index (κ1) is 17.0. The van der Waals surface area contributed by atoms with Gasteiger partial charge in [0.15, 0.2) is 0 Å². The van der Waals surface area contributed by atoms with Gasteiger partial charge in [-0.1, -0.05) is 27.5 Å². The molecule has 0 N–H and O–H groups in total. The normalized spacial score (nSPS) is 11.5. The van der Waals surface area contributed by atoms with E-state index >= 15 is 0 Å². The molecule has 0 fully saturated rings. The van der Waals surface area contributed by atoms with Crippen molar-refractivity contribution in [3.8, 4) is 11.3 Å². The molecule has 2 rings (SSSR count). The van der Waals surface area contributed by atoms with Gasteiger partial charge in [0.2, 0.25) is 0 Å². The van der Waals surface area contributed by atoms with Crippen molar-refractivity contribution in [1.29, 1.82) is 0 Å². The van der Waals surface area contributed by atoms with E-state index in [1.54, 1.807) is 26.8 Å². The standard InChI is InChI=1S/C15H15BrClFN2O2/c1-15(2,3)22-14(21)20-10(8-16)7-13(19-20)11-5-4-9(18)6-12(11)17/h4-7H,8H2,1-3H3. The molecule has 7 heteroatoms. The first-order valence-corrected chi connectivity index (χ1v) is 8.05. The van der Waals surface area contributed by atoms with Gasteiger partial charge in [-0.25, -0.2) is 9.18 Å². The van der Waals surface area contributed by atoms with Crippen molar-refractivity contribution < 1.29 is 13.9 Å². The Morgan fingerprint density at radius 3 is 2.64 bits per heavy atom. The lowest BCUT2D eigenvalue weighted by Crippen LogP contribution is -2.28. The molecule has 0 bridgehead atoms. The third-order valence-electron chi connectivity index (χ3n) is 2.69. The Kier molecular flexibility index (Phi) is 4.92. The summed E-state index contributed by atoms with van der Waals surface area (Å²) in [6.45, 7) is 5.33. The molecular weight excluding hydrogens is 375 g/mol. The summed E-state index contributed by atoms with van der Waals surface area (Å²) in [6.07, 6.45) is -0.577.